The van der Waals surface area contributed by atoms with Crippen LogP contribution in [0.2, 0.25) is 5.02 Å². The summed E-state index contributed by atoms with van der Waals surface area (Å²) in [4.78, 5) is 0. The van der Waals surface area contributed by atoms with Crippen LogP contribution in [0.15, 0.2) is 53.1 Å². The molecule has 8 heteroatoms. The van der Waals surface area contributed by atoms with Gasteiger partial charge < -0.3 is 19.2 Å². The maximum Gasteiger partial charge on any atom is 0.470 e. The lowest BCUT2D eigenvalue weighted by molar-refractivity contribution is 0.112. The molecular weight excluding hydrogens is 409 g/mol. The number of hydrogen-bond donors (Lipinski definition) is 3. The summed E-state index contributed by atoms with van der Waals surface area (Å²) in [5.41, 5.74) is 3.91. The van der Waals surface area contributed by atoms with E-state index in [1.807, 2.05) is 36.4 Å². The molecule has 1 aliphatic rings. The number of nitrogens with one attached hydrogen (secondary N) is 1. The summed E-state index contributed by atoms with van der Waals surface area (Å²) in [5.74, 6) is 0.119. The van der Waals surface area contributed by atoms with E-state index < -0.39 is 13.1 Å². The van der Waals surface area contributed by atoms with Gasteiger partial charge in [0, 0.05) is 22.8 Å². The van der Waals surface area contributed by atoms with E-state index in [0.717, 1.165) is 47.1 Å². The fourth-order valence-electron chi connectivity index (χ4n) is 3.65. The van der Waals surface area contributed by atoms with E-state index in [4.69, 9.17) is 20.8 Å². The Kier molecular flexibility index (Phi) is 6.85. The van der Waals surface area contributed by atoms with E-state index >= 15 is 0 Å². The third-order valence-electron chi connectivity index (χ3n) is 5.12. The van der Waals surface area contributed by atoms with E-state index in [1.165, 1.54) is 11.9 Å². The molecule has 0 aliphatic carbocycles. The van der Waals surface area contributed by atoms with Gasteiger partial charge in [0.2, 0.25) is 0 Å². The van der Waals surface area contributed by atoms with Crippen LogP contribution in [0.3, 0.4) is 0 Å². The zero-order chi connectivity index (χ0) is 20.2. The molecule has 0 spiro atoms. The second-order valence-electron chi connectivity index (χ2n) is 7.28. The fourth-order valence-corrected chi connectivity index (χ4v) is 4.75. The molecule has 0 bridgehead atoms. The Balaban J connectivity index is 1.39. The van der Waals surface area contributed by atoms with Gasteiger partial charge in [0.25, 0.3) is 0 Å². The number of furan rings is 1. The standard InChI is InChI=1S/C21H23BClNO4S/c23-17-9-14(8-15(10-17)19-6-3-7-27-19)13-29-24-21(22(25)26)11-16-12-28-20-5-2-1-4-18(16)20/h1-2,4-5,8-10,12,19,21,24-26H,3,6-7,11,13H2/t19?,21-/m0/s1. The maximum absolute atomic E-state index is 9.82. The zero-order valence-electron chi connectivity index (χ0n) is 15.9. The van der Waals surface area contributed by atoms with Gasteiger partial charge in [0.05, 0.1) is 18.3 Å². The maximum atomic E-state index is 9.82. The molecule has 1 aliphatic heterocycles. The average molecular weight is 432 g/mol. The minimum absolute atomic E-state index is 0.117. The Hall–Kier alpha value is -1.48. The van der Waals surface area contributed by atoms with E-state index in [2.05, 4.69) is 10.8 Å². The molecule has 3 aromatic rings. The lowest BCUT2D eigenvalue weighted by Gasteiger charge is -2.17. The smallest absolute Gasteiger partial charge is 0.464 e. The Morgan fingerprint density at radius 1 is 1.24 bits per heavy atom. The predicted octanol–water partition coefficient (Wildman–Crippen LogP) is 4.30. The molecule has 0 saturated carbocycles. The highest BCUT2D eigenvalue weighted by atomic mass is 35.5. The number of halogens is 1. The molecule has 1 saturated heterocycles. The molecule has 0 amide bonds. The number of para-hydroxylation sites is 1. The van der Waals surface area contributed by atoms with Crippen LogP contribution in [0.4, 0.5) is 0 Å². The van der Waals surface area contributed by atoms with Crippen molar-refractivity contribution in [3.05, 3.63) is 70.4 Å². The molecule has 2 heterocycles. The molecule has 5 nitrogen and oxygen atoms in total. The van der Waals surface area contributed by atoms with E-state index in [0.29, 0.717) is 17.2 Å². The minimum atomic E-state index is -1.49. The van der Waals surface area contributed by atoms with Crippen LogP contribution in [0.25, 0.3) is 11.0 Å². The van der Waals surface area contributed by atoms with Gasteiger partial charge in [-0.15, -0.1) is 0 Å². The van der Waals surface area contributed by atoms with Gasteiger partial charge in [-0.25, -0.2) is 0 Å². The van der Waals surface area contributed by atoms with Crippen molar-refractivity contribution in [3.63, 3.8) is 0 Å². The van der Waals surface area contributed by atoms with Crippen molar-refractivity contribution in [1.82, 2.24) is 4.72 Å². The highest BCUT2D eigenvalue weighted by molar-refractivity contribution is 7.96. The molecule has 0 radical (unpaired) electrons. The van der Waals surface area contributed by atoms with E-state index in [9.17, 15) is 10.0 Å². The first-order valence-corrected chi connectivity index (χ1v) is 11.1. The van der Waals surface area contributed by atoms with Crippen LogP contribution in [-0.4, -0.2) is 29.7 Å². The summed E-state index contributed by atoms with van der Waals surface area (Å²) < 4.78 is 14.5. The molecule has 2 atom stereocenters. The van der Waals surface area contributed by atoms with Crippen LogP contribution in [0, 0.1) is 0 Å². The van der Waals surface area contributed by atoms with Crippen molar-refractivity contribution in [1.29, 1.82) is 0 Å². The Labute approximate surface area is 179 Å². The van der Waals surface area contributed by atoms with Gasteiger partial charge in [0.15, 0.2) is 0 Å². The summed E-state index contributed by atoms with van der Waals surface area (Å²) in [7, 11) is -1.49. The third-order valence-corrected chi connectivity index (χ3v) is 6.28. The van der Waals surface area contributed by atoms with Crippen molar-refractivity contribution in [3.8, 4) is 0 Å². The summed E-state index contributed by atoms with van der Waals surface area (Å²) >= 11 is 7.72. The zero-order valence-corrected chi connectivity index (χ0v) is 17.5. The number of fused-ring (bicyclic) bond motifs is 1. The molecule has 152 valence electrons. The summed E-state index contributed by atoms with van der Waals surface area (Å²) in [6.45, 7) is 0.793. The van der Waals surface area contributed by atoms with Gasteiger partial charge >= 0.3 is 7.12 Å². The fraction of sp³-hybridized carbons (Fsp3) is 0.333. The largest absolute Gasteiger partial charge is 0.470 e. The average Bonchev–Trinajstić information content (AvgIpc) is 3.37. The van der Waals surface area contributed by atoms with Crippen LogP contribution < -0.4 is 4.72 Å². The highest BCUT2D eigenvalue weighted by Gasteiger charge is 2.25. The molecule has 2 aromatic carbocycles. The van der Waals surface area contributed by atoms with Gasteiger partial charge in [-0.1, -0.05) is 47.8 Å². The SMILES string of the molecule is OB(O)[C@H](Cc1coc2ccccc12)NSCc1cc(Cl)cc(C2CCCO2)c1. The van der Waals surface area contributed by atoms with Crippen molar-refractivity contribution in [2.75, 3.05) is 6.61 Å². The van der Waals surface area contributed by atoms with Crippen LogP contribution in [-0.2, 0) is 16.9 Å². The lowest BCUT2D eigenvalue weighted by atomic mass is 9.77. The van der Waals surface area contributed by atoms with Crippen LogP contribution in [0.1, 0.15) is 35.6 Å². The Morgan fingerprint density at radius 2 is 2.10 bits per heavy atom. The van der Waals surface area contributed by atoms with Crippen molar-refractivity contribution < 1.29 is 19.2 Å². The summed E-state index contributed by atoms with van der Waals surface area (Å²) in [6, 6.07) is 13.7. The van der Waals surface area contributed by atoms with Crippen molar-refractivity contribution >= 4 is 41.6 Å². The number of ether oxygens (including phenoxy) is 1. The van der Waals surface area contributed by atoms with Crippen molar-refractivity contribution in [2.45, 2.75) is 37.1 Å². The normalized spacial score (nSPS) is 17.7. The topological polar surface area (TPSA) is 74.9 Å². The molecular formula is C21H23BClNO4S. The van der Waals surface area contributed by atoms with Crippen LogP contribution >= 0.6 is 23.5 Å². The van der Waals surface area contributed by atoms with E-state index in [1.54, 1.807) is 6.26 Å². The molecule has 1 fully saturated rings. The first kappa shape index (κ1) is 20.8. The molecule has 1 unspecified atom stereocenters. The van der Waals surface area contributed by atoms with Gasteiger partial charge in [0.1, 0.15) is 5.58 Å². The van der Waals surface area contributed by atoms with Gasteiger partial charge in [-0.3, -0.25) is 4.72 Å². The minimum Gasteiger partial charge on any atom is -0.464 e. The second kappa shape index (κ2) is 9.56. The molecule has 1 aromatic heterocycles. The second-order valence-corrected chi connectivity index (χ2v) is 8.53. The lowest BCUT2D eigenvalue weighted by Crippen LogP contribution is -2.42. The predicted molar refractivity (Wildman–Crippen MR) is 118 cm³/mol. The van der Waals surface area contributed by atoms with Gasteiger partial charge in [-0.05, 0) is 54.2 Å². The molecule has 4 rings (SSSR count). The Bertz CT molecular complexity index is 961. The van der Waals surface area contributed by atoms with Crippen LogP contribution in [0.5, 0.6) is 0 Å². The molecule has 3 N–H and O–H groups in total. The number of rotatable bonds is 8. The van der Waals surface area contributed by atoms with Gasteiger partial charge in [-0.2, -0.15) is 0 Å². The summed E-state index contributed by atoms with van der Waals surface area (Å²) in [5, 5.41) is 21.3. The number of hydrogen-bond acceptors (Lipinski definition) is 6. The Morgan fingerprint density at radius 3 is 2.90 bits per heavy atom. The quantitative estimate of drug-likeness (QED) is 0.365. The highest BCUT2D eigenvalue weighted by Crippen LogP contribution is 2.31. The summed E-state index contributed by atoms with van der Waals surface area (Å²) in [6.07, 6.45) is 4.33. The first-order chi connectivity index (χ1) is 14.1. The van der Waals surface area contributed by atoms with Crippen molar-refractivity contribution in [2.24, 2.45) is 0 Å². The monoisotopic (exact) mass is 431 g/mol. The molecule has 29 heavy (non-hydrogen) atoms. The first-order valence-electron chi connectivity index (χ1n) is 9.69. The third kappa shape index (κ3) is 5.17. The van der Waals surface area contributed by atoms with E-state index in [-0.39, 0.29) is 6.10 Å². The number of benzene rings is 2.